The number of hydrogen-bond acceptors (Lipinski definition) is 6. The second kappa shape index (κ2) is 7.97. The van der Waals surface area contributed by atoms with E-state index in [-0.39, 0.29) is 29.6 Å². The molecule has 8 nitrogen and oxygen atoms in total. The molecule has 148 valence electrons. The van der Waals surface area contributed by atoms with E-state index in [0.29, 0.717) is 23.4 Å². The first kappa shape index (κ1) is 19.8. The van der Waals surface area contributed by atoms with Gasteiger partial charge >= 0.3 is 0 Å². The minimum absolute atomic E-state index is 0.0285. The maximum absolute atomic E-state index is 13.0. The van der Waals surface area contributed by atoms with Crippen LogP contribution in [0, 0.1) is 17.0 Å². The van der Waals surface area contributed by atoms with Gasteiger partial charge in [0, 0.05) is 23.0 Å². The van der Waals surface area contributed by atoms with Gasteiger partial charge in [0.05, 0.1) is 29.0 Å². The van der Waals surface area contributed by atoms with Gasteiger partial charge in [0.25, 0.3) is 5.69 Å². The molecule has 28 heavy (non-hydrogen) atoms. The van der Waals surface area contributed by atoms with E-state index >= 15 is 0 Å². The topological polar surface area (TPSA) is 110 Å². The van der Waals surface area contributed by atoms with E-state index in [9.17, 15) is 23.3 Å². The predicted octanol–water partition coefficient (Wildman–Crippen LogP) is 2.54. The molecule has 1 atom stereocenters. The number of nitrogens with one attached hydrogen (secondary N) is 1. The highest BCUT2D eigenvalue weighted by atomic mass is 32.2. The summed E-state index contributed by atoms with van der Waals surface area (Å²) in [4.78, 5) is 25.1. The van der Waals surface area contributed by atoms with E-state index in [1.54, 1.807) is 43.3 Å². The van der Waals surface area contributed by atoms with Crippen molar-refractivity contribution in [2.24, 2.45) is 0 Å². The van der Waals surface area contributed by atoms with Crippen LogP contribution in [0.25, 0.3) is 0 Å². The first-order chi connectivity index (χ1) is 13.3. The lowest BCUT2D eigenvalue weighted by Gasteiger charge is -2.28. The zero-order valence-corrected chi connectivity index (χ0v) is 16.2. The van der Waals surface area contributed by atoms with Gasteiger partial charge in [-0.15, -0.1) is 0 Å². The maximum Gasteiger partial charge on any atom is 0.274 e. The minimum atomic E-state index is -3.16. The molecule has 0 radical (unpaired) electrons. The number of nitrogens with zero attached hydrogens (tertiary/aromatic N) is 2. The molecule has 0 aliphatic carbocycles. The van der Waals surface area contributed by atoms with Crippen molar-refractivity contribution >= 4 is 32.8 Å². The predicted molar refractivity (Wildman–Crippen MR) is 107 cm³/mol. The van der Waals surface area contributed by atoms with Crippen LogP contribution in [0.1, 0.15) is 12.0 Å². The molecule has 0 bridgehead atoms. The molecule has 1 aliphatic rings. The van der Waals surface area contributed by atoms with Crippen molar-refractivity contribution in [3.05, 3.63) is 64.2 Å². The van der Waals surface area contributed by atoms with E-state index in [1.165, 1.54) is 11.0 Å². The van der Waals surface area contributed by atoms with E-state index in [2.05, 4.69) is 5.32 Å². The molecule has 2 aromatic rings. The summed E-state index contributed by atoms with van der Waals surface area (Å²) in [6, 6.07) is 13.1. The Hall–Kier alpha value is -2.94. The van der Waals surface area contributed by atoms with Crippen molar-refractivity contribution in [1.82, 2.24) is 0 Å². The van der Waals surface area contributed by atoms with Gasteiger partial charge in [-0.3, -0.25) is 14.9 Å². The van der Waals surface area contributed by atoms with Crippen LogP contribution in [-0.4, -0.2) is 43.3 Å². The molecule has 0 spiro atoms. The molecule has 1 fully saturated rings. The summed E-state index contributed by atoms with van der Waals surface area (Å²) >= 11 is 0. The third kappa shape index (κ3) is 4.30. The van der Waals surface area contributed by atoms with E-state index < -0.39 is 20.8 Å². The molecule has 1 heterocycles. The summed E-state index contributed by atoms with van der Waals surface area (Å²) < 4.78 is 23.8. The maximum atomic E-state index is 13.0. The summed E-state index contributed by atoms with van der Waals surface area (Å²) in [7, 11) is -3.16. The third-order valence-corrected chi connectivity index (χ3v) is 6.56. The highest BCUT2D eigenvalue weighted by Crippen LogP contribution is 2.27. The first-order valence-corrected chi connectivity index (χ1v) is 10.7. The summed E-state index contributed by atoms with van der Waals surface area (Å²) in [6.07, 6.45) is 0.388. The number of carbonyl (C=O) groups is 1. The number of para-hydroxylation sites is 1. The minimum Gasteiger partial charge on any atom is -0.376 e. The third-order valence-electron chi connectivity index (χ3n) is 4.81. The number of amides is 1. The molecule has 1 N–H and O–H groups in total. The quantitative estimate of drug-likeness (QED) is 0.586. The van der Waals surface area contributed by atoms with Crippen LogP contribution >= 0.6 is 0 Å². The van der Waals surface area contributed by atoms with Gasteiger partial charge in [0.1, 0.15) is 0 Å². The Morgan fingerprint density at radius 3 is 2.54 bits per heavy atom. The molecule has 2 aromatic carbocycles. The van der Waals surface area contributed by atoms with Gasteiger partial charge < -0.3 is 10.2 Å². The average Bonchev–Trinajstić information content (AvgIpc) is 3.01. The van der Waals surface area contributed by atoms with Gasteiger partial charge in [-0.05, 0) is 31.5 Å². The normalized spacial score (nSPS) is 17.8. The van der Waals surface area contributed by atoms with Crippen molar-refractivity contribution in [2.45, 2.75) is 19.4 Å². The van der Waals surface area contributed by atoms with Crippen molar-refractivity contribution in [1.29, 1.82) is 0 Å². The van der Waals surface area contributed by atoms with Crippen LogP contribution < -0.4 is 10.2 Å². The number of nitro groups is 1. The number of anilines is 2. The van der Waals surface area contributed by atoms with Crippen LogP contribution in [0.5, 0.6) is 0 Å². The average molecular weight is 403 g/mol. The highest BCUT2D eigenvalue weighted by Gasteiger charge is 2.35. The summed E-state index contributed by atoms with van der Waals surface area (Å²) in [5.41, 5.74) is 1.54. The fourth-order valence-corrected chi connectivity index (χ4v) is 5.09. The molecule has 3 rings (SSSR count). The molecular formula is C19H21N3O5S. The molecule has 1 saturated heterocycles. The lowest BCUT2D eigenvalue weighted by molar-refractivity contribution is -0.385. The Labute approximate surface area is 163 Å². The van der Waals surface area contributed by atoms with Crippen LogP contribution in [-0.2, 0) is 14.6 Å². The number of sulfone groups is 1. The van der Waals surface area contributed by atoms with Crippen molar-refractivity contribution in [3.8, 4) is 0 Å². The van der Waals surface area contributed by atoms with Gasteiger partial charge in [-0.1, -0.05) is 24.3 Å². The summed E-state index contributed by atoms with van der Waals surface area (Å²) in [6.45, 7) is 1.51. The molecule has 0 saturated carbocycles. The summed E-state index contributed by atoms with van der Waals surface area (Å²) in [5.74, 6) is -0.297. The standard InChI is InChI=1S/C19H21N3O5S/c1-14-17(8-5-9-18(14)22(24)25)20-12-19(23)21(15-6-3-2-4-7-15)16-10-11-28(26,27)13-16/h2-9,16,20H,10-13H2,1H3/t16-/m0/s1. The Bertz CT molecular complexity index is 992. The first-order valence-electron chi connectivity index (χ1n) is 8.84. The summed E-state index contributed by atoms with van der Waals surface area (Å²) in [5, 5.41) is 14.0. The van der Waals surface area contributed by atoms with Gasteiger partial charge in [0.2, 0.25) is 5.91 Å². The number of rotatable bonds is 6. The Kier molecular flexibility index (Phi) is 5.64. The number of carbonyl (C=O) groups excluding carboxylic acids is 1. The lowest BCUT2D eigenvalue weighted by Crippen LogP contribution is -2.44. The van der Waals surface area contributed by atoms with Crippen molar-refractivity contribution < 1.29 is 18.1 Å². The Morgan fingerprint density at radius 2 is 1.93 bits per heavy atom. The fraction of sp³-hybridized carbons (Fsp3) is 0.316. The van der Waals surface area contributed by atoms with Gasteiger partial charge in [-0.25, -0.2) is 8.42 Å². The van der Waals surface area contributed by atoms with Crippen molar-refractivity contribution in [2.75, 3.05) is 28.3 Å². The second-order valence-corrected chi connectivity index (χ2v) is 8.95. The molecule has 0 aromatic heterocycles. The molecule has 9 heteroatoms. The van der Waals surface area contributed by atoms with Crippen molar-refractivity contribution in [3.63, 3.8) is 0 Å². The molecule has 0 unspecified atom stereocenters. The molecule has 1 amide bonds. The van der Waals surface area contributed by atoms with E-state index in [0.717, 1.165) is 0 Å². The largest absolute Gasteiger partial charge is 0.376 e. The van der Waals surface area contributed by atoms with Gasteiger partial charge in [0.15, 0.2) is 9.84 Å². The SMILES string of the molecule is Cc1c(NCC(=O)N(c2ccccc2)[C@H]2CCS(=O)(=O)C2)cccc1[N+](=O)[O-]. The van der Waals surface area contributed by atoms with Crippen LogP contribution in [0.15, 0.2) is 48.5 Å². The smallest absolute Gasteiger partial charge is 0.274 e. The zero-order chi connectivity index (χ0) is 20.3. The lowest BCUT2D eigenvalue weighted by atomic mass is 10.1. The second-order valence-electron chi connectivity index (χ2n) is 6.72. The Balaban J connectivity index is 1.81. The fourth-order valence-electron chi connectivity index (χ4n) is 3.39. The molecule has 1 aliphatic heterocycles. The van der Waals surface area contributed by atoms with Crippen LogP contribution in [0.4, 0.5) is 17.1 Å². The van der Waals surface area contributed by atoms with E-state index in [1.807, 2.05) is 6.07 Å². The number of nitro benzene ring substituents is 1. The monoisotopic (exact) mass is 403 g/mol. The van der Waals surface area contributed by atoms with Gasteiger partial charge in [-0.2, -0.15) is 0 Å². The highest BCUT2D eigenvalue weighted by molar-refractivity contribution is 7.91. The Morgan fingerprint density at radius 1 is 1.21 bits per heavy atom. The van der Waals surface area contributed by atoms with Crippen LogP contribution in [0.2, 0.25) is 0 Å². The van der Waals surface area contributed by atoms with E-state index in [4.69, 9.17) is 0 Å². The van der Waals surface area contributed by atoms with Crippen LogP contribution in [0.3, 0.4) is 0 Å². The number of benzene rings is 2. The molecular weight excluding hydrogens is 382 g/mol. The zero-order valence-electron chi connectivity index (χ0n) is 15.4. The number of hydrogen-bond donors (Lipinski definition) is 1.